The Morgan fingerprint density at radius 2 is 1.78 bits per heavy atom. The molecule has 2 unspecified atom stereocenters. The molecular formula is C21H21N3O2S. The fourth-order valence-corrected chi connectivity index (χ4v) is 3.34. The van der Waals surface area contributed by atoms with E-state index in [1.54, 1.807) is 12.3 Å². The molecule has 3 aromatic rings. The molecule has 0 saturated heterocycles. The van der Waals surface area contributed by atoms with Crippen LogP contribution >= 0.6 is 11.3 Å². The third kappa shape index (κ3) is 5.24. The van der Waals surface area contributed by atoms with E-state index >= 15 is 0 Å². The summed E-state index contributed by atoms with van der Waals surface area (Å²) in [4.78, 5) is 30.2. The Morgan fingerprint density at radius 1 is 1.00 bits per heavy atom. The van der Waals surface area contributed by atoms with Gasteiger partial charge in [-0.15, -0.1) is 11.3 Å². The van der Waals surface area contributed by atoms with Crippen molar-refractivity contribution in [2.45, 2.75) is 25.4 Å². The molecule has 2 aromatic heterocycles. The van der Waals surface area contributed by atoms with Crippen molar-refractivity contribution in [1.29, 1.82) is 0 Å². The quantitative estimate of drug-likeness (QED) is 0.661. The molecule has 6 heteroatoms. The summed E-state index contributed by atoms with van der Waals surface area (Å²) < 4.78 is 0. The minimum absolute atomic E-state index is 0.234. The predicted molar refractivity (Wildman–Crippen MR) is 107 cm³/mol. The molecule has 0 bridgehead atoms. The average molecular weight is 379 g/mol. The first-order valence-electron chi connectivity index (χ1n) is 8.73. The molecule has 0 fully saturated rings. The van der Waals surface area contributed by atoms with E-state index in [9.17, 15) is 9.59 Å². The number of benzene rings is 1. The number of carbonyl (C=O) groups excluding carboxylic acids is 2. The largest absolute Gasteiger partial charge is 0.346 e. The molecule has 0 aliphatic rings. The topological polar surface area (TPSA) is 71.1 Å². The molecule has 2 amide bonds. The van der Waals surface area contributed by atoms with Gasteiger partial charge in [-0.1, -0.05) is 42.5 Å². The fraction of sp³-hybridized carbons (Fsp3) is 0.190. The van der Waals surface area contributed by atoms with Crippen LogP contribution in [0.15, 0.2) is 72.2 Å². The van der Waals surface area contributed by atoms with Gasteiger partial charge in [0.25, 0.3) is 5.91 Å². The third-order valence-corrected chi connectivity index (χ3v) is 5.01. The highest BCUT2D eigenvalue weighted by atomic mass is 32.1. The lowest BCUT2D eigenvalue weighted by molar-refractivity contribution is -0.123. The molecule has 0 spiro atoms. The van der Waals surface area contributed by atoms with Gasteiger partial charge in [-0.05, 0) is 36.1 Å². The summed E-state index contributed by atoms with van der Waals surface area (Å²) in [6.07, 6.45) is 2.11. The van der Waals surface area contributed by atoms with Crippen molar-refractivity contribution in [2.24, 2.45) is 0 Å². The minimum Gasteiger partial charge on any atom is -0.346 e. The molecular weight excluding hydrogens is 358 g/mol. The van der Waals surface area contributed by atoms with E-state index in [1.165, 1.54) is 11.3 Å². The van der Waals surface area contributed by atoms with Crippen LogP contribution in [0.4, 0.5) is 0 Å². The summed E-state index contributed by atoms with van der Waals surface area (Å²) in [6.45, 7) is 1.88. The van der Waals surface area contributed by atoms with E-state index in [0.717, 1.165) is 11.3 Å². The van der Waals surface area contributed by atoms with Gasteiger partial charge in [-0.3, -0.25) is 14.6 Å². The highest BCUT2D eigenvalue weighted by Gasteiger charge is 2.24. The molecule has 2 N–H and O–H groups in total. The van der Waals surface area contributed by atoms with Gasteiger partial charge in [-0.2, -0.15) is 0 Å². The summed E-state index contributed by atoms with van der Waals surface area (Å²) in [5.74, 6) is -0.478. The van der Waals surface area contributed by atoms with Crippen LogP contribution in [-0.2, 0) is 11.2 Å². The number of hydrogen-bond acceptors (Lipinski definition) is 4. The maximum atomic E-state index is 12.9. The van der Waals surface area contributed by atoms with Crippen LogP contribution < -0.4 is 10.6 Å². The normalized spacial score (nSPS) is 12.8. The second kappa shape index (κ2) is 9.09. The molecule has 5 nitrogen and oxygen atoms in total. The lowest BCUT2D eigenvalue weighted by atomic mass is 10.0. The molecule has 27 heavy (non-hydrogen) atoms. The van der Waals surface area contributed by atoms with E-state index in [1.807, 2.05) is 66.9 Å². The van der Waals surface area contributed by atoms with Gasteiger partial charge >= 0.3 is 0 Å². The van der Waals surface area contributed by atoms with Gasteiger partial charge in [0.15, 0.2) is 0 Å². The van der Waals surface area contributed by atoms with Crippen molar-refractivity contribution in [2.75, 3.05) is 0 Å². The number of rotatable bonds is 7. The molecule has 0 aliphatic carbocycles. The van der Waals surface area contributed by atoms with Crippen molar-refractivity contribution in [3.63, 3.8) is 0 Å². The number of aromatic nitrogens is 1. The maximum absolute atomic E-state index is 12.9. The second-order valence-corrected chi connectivity index (χ2v) is 7.13. The maximum Gasteiger partial charge on any atom is 0.262 e. The van der Waals surface area contributed by atoms with Crippen LogP contribution in [-0.4, -0.2) is 22.8 Å². The van der Waals surface area contributed by atoms with Crippen LogP contribution in [0, 0.1) is 0 Å². The van der Waals surface area contributed by atoms with E-state index in [4.69, 9.17) is 0 Å². The van der Waals surface area contributed by atoms with E-state index in [2.05, 4.69) is 15.6 Å². The highest BCUT2D eigenvalue weighted by molar-refractivity contribution is 7.12. The Balaban J connectivity index is 1.73. The number of nitrogens with zero attached hydrogens (tertiary/aromatic N) is 1. The van der Waals surface area contributed by atoms with Gasteiger partial charge < -0.3 is 10.6 Å². The summed E-state index contributed by atoms with van der Waals surface area (Å²) >= 11 is 1.35. The molecule has 2 heterocycles. The SMILES string of the molecule is CC(NC(=O)C(Cc1ccccc1)NC(=O)c1cccs1)c1ccccn1. The first kappa shape index (κ1) is 18.8. The monoisotopic (exact) mass is 379 g/mol. The molecule has 0 saturated carbocycles. The summed E-state index contributed by atoms with van der Waals surface area (Å²) in [6, 6.07) is 17.9. The number of carbonyl (C=O) groups is 2. The molecule has 3 rings (SSSR count). The van der Waals surface area contributed by atoms with Gasteiger partial charge in [0.1, 0.15) is 6.04 Å². The van der Waals surface area contributed by atoms with Crippen LogP contribution in [0.3, 0.4) is 0 Å². The number of pyridine rings is 1. The zero-order chi connectivity index (χ0) is 19.1. The number of hydrogen-bond donors (Lipinski definition) is 2. The van der Waals surface area contributed by atoms with Gasteiger partial charge in [0, 0.05) is 12.6 Å². The lowest BCUT2D eigenvalue weighted by Gasteiger charge is -2.21. The zero-order valence-corrected chi connectivity index (χ0v) is 15.8. The van der Waals surface area contributed by atoms with Crippen molar-refractivity contribution in [3.8, 4) is 0 Å². The Bertz CT molecular complexity index is 867. The summed E-state index contributed by atoms with van der Waals surface area (Å²) in [7, 11) is 0. The van der Waals surface area contributed by atoms with E-state index < -0.39 is 6.04 Å². The van der Waals surface area contributed by atoms with Crippen LogP contribution in [0.2, 0.25) is 0 Å². The number of nitrogens with one attached hydrogen (secondary N) is 2. The second-order valence-electron chi connectivity index (χ2n) is 6.18. The molecule has 1 aromatic carbocycles. The first-order valence-corrected chi connectivity index (χ1v) is 9.61. The Labute approximate surface area is 162 Å². The van der Waals surface area contributed by atoms with Crippen LogP contribution in [0.1, 0.15) is 33.9 Å². The fourth-order valence-electron chi connectivity index (χ4n) is 2.72. The summed E-state index contributed by atoms with van der Waals surface area (Å²) in [5, 5.41) is 7.66. The van der Waals surface area contributed by atoms with Crippen LogP contribution in [0.25, 0.3) is 0 Å². The van der Waals surface area contributed by atoms with Crippen molar-refractivity contribution in [1.82, 2.24) is 15.6 Å². The van der Waals surface area contributed by atoms with Crippen molar-refractivity contribution in [3.05, 3.63) is 88.4 Å². The molecule has 0 aliphatic heterocycles. The summed E-state index contributed by atoms with van der Waals surface area (Å²) in [5.41, 5.74) is 1.75. The molecule has 2 atom stereocenters. The Kier molecular flexibility index (Phi) is 6.33. The third-order valence-electron chi connectivity index (χ3n) is 4.14. The first-order chi connectivity index (χ1) is 13.1. The Hall–Kier alpha value is -2.99. The van der Waals surface area contributed by atoms with E-state index in [0.29, 0.717) is 11.3 Å². The minimum atomic E-state index is -0.673. The predicted octanol–water partition coefficient (Wildman–Crippen LogP) is 3.36. The molecule has 0 radical (unpaired) electrons. The van der Waals surface area contributed by atoms with Gasteiger partial charge in [-0.25, -0.2) is 0 Å². The van der Waals surface area contributed by atoms with E-state index in [-0.39, 0.29) is 17.9 Å². The van der Waals surface area contributed by atoms with Gasteiger partial charge in [0.05, 0.1) is 16.6 Å². The molecule has 138 valence electrons. The number of amides is 2. The average Bonchev–Trinajstić information content (AvgIpc) is 3.24. The van der Waals surface area contributed by atoms with Crippen molar-refractivity contribution < 1.29 is 9.59 Å². The van der Waals surface area contributed by atoms with Crippen molar-refractivity contribution >= 4 is 23.2 Å². The standard InChI is InChI=1S/C21H21N3O2S/c1-15(17-10-5-6-12-22-17)23-20(25)18(14-16-8-3-2-4-9-16)24-21(26)19-11-7-13-27-19/h2-13,15,18H,14H2,1H3,(H,23,25)(H,24,26). The zero-order valence-electron chi connectivity index (χ0n) is 15.0. The smallest absolute Gasteiger partial charge is 0.262 e. The Morgan fingerprint density at radius 3 is 2.44 bits per heavy atom. The highest BCUT2D eigenvalue weighted by Crippen LogP contribution is 2.12. The van der Waals surface area contributed by atoms with Crippen LogP contribution in [0.5, 0.6) is 0 Å². The number of thiophene rings is 1. The lowest BCUT2D eigenvalue weighted by Crippen LogP contribution is -2.48. The van der Waals surface area contributed by atoms with Gasteiger partial charge in [0.2, 0.25) is 5.91 Å².